The molecule has 10 aromatic rings. The molecule has 2 heteroatoms. The fourth-order valence-corrected chi connectivity index (χ4v) is 7.72. The molecule has 0 saturated carbocycles. The lowest BCUT2D eigenvalue weighted by Gasteiger charge is -2.27. The number of hydrogen-bond acceptors (Lipinski definition) is 2. The Balaban J connectivity index is 1.06. The fraction of sp³-hybridized carbons (Fsp3) is 0. The van der Waals surface area contributed by atoms with Crippen LogP contribution in [0.3, 0.4) is 0 Å². The summed E-state index contributed by atoms with van der Waals surface area (Å²) in [7, 11) is 0. The van der Waals surface area contributed by atoms with Crippen molar-refractivity contribution < 1.29 is 4.42 Å². The average molecular weight is 664 g/mol. The quantitative estimate of drug-likeness (QED) is 0.176. The van der Waals surface area contributed by atoms with Gasteiger partial charge in [-0.05, 0) is 98.8 Å². The molecule has 9 aromatic carbocycles. The third-order valence-corrected chi connectivity index (χ3v) is 10.2. The Bertz CT molecular complexity index is 2880. The lowest BCUT2D eigenvalue weighted by molar-refractivity contribution is 0.673. The van der Waals surface area contributed by atoms with Crippen molar-refractivity contribution in [2.75, 3.05) is 4.90 Å². The van der Waals surface area contributed by atoms with Crippen molar-refractivity contribution in [3.63, 3.8) is 0 Å². The molecule has 0 saturated heterocycles. The first-order valence-electron chi connectivity index (χ1n) is 17.8. The van der Waals surface area contributed by atoms with Gasteiger partial charge in [-0.2, -0.15) is 0 Å². The van der Waals surface area contributed by atoms with E-state index in [1.807, 2.05) is 0 Å². The topological polar surface area (TPSA) is 16.4 Å². The predicted molar refractivity (Wildman–Crippen MR) is 220 cm³/mol. The van der Waals surface area contributed by atoms with Gasteiger partial charge in [0.15, 0.2) is 0 Å². The number of furan rings is 1. The molecule has 0 bridgehead atoms. The minimum absolute atomic E-state index is 0.888. The maximum Gasteiger partial charge on any atom is 0.143 e. The smallest absolute Gasteiger partial charge is 0.143 e. The zero-order valence-corrected chi connectivity index (χ0v) is 28.4. The van der Waals surface area contributed by atoms with Crippen LogP contribution in [-0.2, 0) is 0 Å². The van der Waals surface area contributed by atoms with Gasteiger partial charge in [0.05, 0.1) is 5.69 Å². The second kappa shape index (κ2) is 12.5. The third-order valence-electron chi connectivity index (χ3n) is 10.2. The van der Waals surface area contributed by atoms with E-state index < -0.39 is 0 Å². The van der Waals surface area contributed by atoms with Crippen LogP contribution in [0.15, 0.2) is 205 Å². The van der Waals surface area contributed by atoms with Crippen molar-refractivity contribution in [2.45, 2.75) is 0 Å². The maximum absolute atomic E-state index is 6.72. The fourth-order valence-electron chi connectivity index (χ4n) is 7.72. The molecule has 0 aliphatic carbocycles. The van der Waals surface area contributed by atoms with Crippen LogP contribution in [0.2, 0.25) is 0 Å². The van der Waals surface area contributed by atoms with Crippen LogP contribution in [0.25, 0.3) is 76.9 Å². The summed E-state index contributed by atoms with van der Waals surface area (Å²) in [6.07, 6.45) is 0. The molecule has 0 amide bonds. The molecule has 0 spiro atoms. The first kappa shape index (κ1) is 30.0. The Morgan fingerprint density at radius 3 is 1.73 bits per heavy atom. The molecule has 0 aliphatic rings. The highest BCUT2D eigenvalue weighted by atomic mass is 16.3. The Labute approximate surface area is 302 Å². The van der Waals surface area contributed by atoms with Gasteiger partial charge in [-0.1, -0.05) is 146 Å². The van der Waals surface area contributed by atoms with Crippen LogP contribution >= 0.6 is 0 Å². The SMILES string of the molecule is c1ccc(-c2cccc(-c3cc4c5ccc(-c6ccc(N(c7ccccc7)c7cccc8ccccc78)cc6)cc5oc4c4ccccc34)c2)cc1. The number of benzene rings is 9. The van der Waals surface area contributed by atoms with Crippen LogP contribution in [0, 0.1) is 0 Å². The summed E-state index contributed by atoms with van der Waals surface area (Å²) in [5, 5.41) is 6.99. The van der Waals surface area contributed by atoms with E-state index in [0.717, 1.165) is 55.5 Å². The van der Waals surface area contributed by atoms with E-state index in [1.165, 1.54) is 38.4 Å². The molecule has 0 radical (unpaired) electrons. The molecule has 2 nitrogen and oxygen atoms in total. The van der Waals surface area contributed by atoms with Crippen molar-refractivity contribution in [3.8, 4) is 33.4 Å². The third kappa shape index (κ3) is 5.12. The van der Waals surface area contributed by atoms with Crippen LogP contribution in [0.4, 0.5) is 17.1 Å². The second-order valence-electron chi connectivity index (χ2n) is 13.3. The minimum atomic E-state index is 0.888. The lowest BCUT2D eigenvalue weighted by Crippen LogP contribution is -2.10. The molecule has 52 heavy (non-hydrogen) atoms. The monoisotopic (exact) mass is 663 g/mol. The van der Waals surface area contributed by atoms with Crippen LogP contribution in [-0.4, -0.2) is 0 Å². The standard InChI is InChI=1S/C50H33NO/c1-3-13-34(14-4-1)37-17-11-18-39(31-37)46-33-47-44-30-27-38(32-49(44)52-50(47)45-23-10-9-22-43(45)46)35-25-28-41(29-26-35)51(40-19-5-2-6-20-40)48-24-12-16-36-15-7-8-21-42(36)48/h1-33H. The molecule has 244 valence electrons. The van der Waals surface area contributed by atoms with Gasteiger partial charge >= 0.3 is 0 Å². The molecule has 0 atom stereocenters. The Morgan fingerprint density at radius 2 is 0.904 bits per heavy atom. The summed E-state index contributed by atoms with van der Waals surface area (Å²) in [5.74, 6) is 0. The molecular formula is C50H33NO. The van der Waals surface area contributed by atoms with E-state index in [2.05, 4.69) is 205 Å². The van der Waals surface area contributed by atoms with E-state index >= 15 is 0 Å². The van der Waals surface area contributed by atoms with Crippen molar-refractivity contribution in [2.24, 2.45) is 0 Å². The normalized spacial score (nSPS) is 11.5. The Hall–Kier alpha value is -6.90. The van der Waals surface area contributed by atoms with Crippen molar-refractivity contribution in [3.05, 3.63) is 200 Å². The number of nitrogens with zero attached hydrogens (tertiary/aromatic N) is 1. The first-order chi connectivity index (χ1) is 25.8. The summed E-state index contributed by atoms with van der Waals surface area (Å²) in [5.41, 5.74) is 12.3. The van der Waals surface area contributed by atoms with Crippen LogP contribution in [0.1, 0.15) is 0 Å². The van der Waals surface area contributed by atoms with Gasteiger partial charge in [-0.25, -0.2) is 0 Å². The van der Waals surface area contributed by atoms with Crippen molar-refractivity contribution in [1.82, 2.24) is 0 Å². The van der Waals surface area contributed by atoms with Gasteiger partial charge in [0.25, 0.3) is 0 Å². The van der Waals surface area contributed by atoms with Crippen molar-refractivity contribution in [1.29, 1.82) is 0 Å². The second-order valence-corrected chi connectivity index (χ2v) is 13.3. The largest absolute Gasteiger partial charge is 0.455 e. The van der Waals surface area contributed by atoms with Gasteiger partial charge in [0.1, 0.15) is 11.2 Å². The number of fused-ring (bicyclic) bond motifs is 6. The lowest BCUT2D eigenvalue weighted by atomic mass is 9.93. The number of anilines is 3. The highest BCUT2D eigenvalue weighted by Crippen LogP contribution is 2.43. The van der Waals surface area contributed by atoms with Gasteiger partial charge < -0.3 is 9.32 Å². The molecule has 10 rings (SSSR count). The zero-order chi connectivity index (χ0) is 34.4. The van der Waals surface area contributed by atoms with Gasteiger partial charge in [-0.15, -0.1) is 0 Å². The van der Waals surface area contributed by atoms with E-state index in [0.29, 0.717) is 0 Å². The zero-order valence-electron chi connectivity index (χ0n) is 28.4. The van der Waals surface area contributed by atoms with E-state index in [-0.39, 0.29) is 0 Å². The van der Waals surface area contributed by atoms with E-state index in [1.54, 1.807) is 0 Å². The Kier molecular flexibility index (Phi) is 7.18. The number of para-hydroxylation sites is 1. The minimum Gasteiger partial charge on any atom is -0.455 e. The highest BCUT2D eigenvalue weighted by Gasteiger charge is 2.18. The summed E-state index contributed by atoms with van der Waals surface area (Å²) < 4.78 is 6.72. The average Bonchev–Trinajstić information content (AvgIpc) is 3.60. The number of hydrogen-bond donors (Lipinski definition) is 0. The molecule has 0 aliphatic heterocycles. The Morgan fingerprint density at radius 1 is 0.327 bits per heavy atom. The number of rotatable bonds is 6. The molecule has 1 aromatic heterocycles. The molecular weight excluding hydrogens is 631 g/mol. The van der Waals surface area contributed by atoms with Crippen molar-refractivity contribution >= 4 is 60.5 Å². The van der Waals surface area contributed by atoms with Gasteiger partial charge in [0, 0.05) is 32.9 Å². The molecule has 1 heterocycles. The molecule has 0 fully saturated rings. The summed E-state index contributed by atoms with van der Waals surface area (Å²) in [4.78, 5) is 2.34. The van der Waals surface area contributed by atoms with E-state index in [9.17, 15) is 0 Å². The first-order valence-corrected chi connectivity index (χ1v) is 17.8. The summed E-state index contributed by atoms with van der Waals surface area (Å²) in [6, 6.07) is 71.5. The van der Waals surface area contributed by atoms with Gasteiger partial charge in [-0.3, -0.25) is 0 Å². The van der Waals surface area contributed by atoms with Gasteiger partial charge in [0.2, 0.25) is 0 Å². The van der Waals surface area contributed by atoms with Crippen LogP contribution in [0.5, 0.6) is 0 Å². The maximum atomic E-state index is 6.72. The molecule has 0 N–H and O–H groups in total. The highest BCUT2D eigenvalue weighted by molar-refractivity contribution is 6.19. The summed E-state index contributed by atoms with van der Waals surface area (Å²) in [6.45, 7) is 0. The summed E-state index contributed by atoms with van der Waals surface area (Å²) >= 11 is 0. The van der Waals surface area contributed by atoms with Crippen LogP contribution < -0.4 is 4.90 Å². The molecule has 0 unspecified atom stereocenters. The van der Waals surface area contributed by atoms with E-state index in [4.69, 9.17) is 4.42 Å². The predicted octanol–water partition coefficient (Wildman–Crippen LogP) is 14.4.